The number of benzene rings is 3. The molecular weight excluding hydrogens is 449 g/mol. The Bertz CT molecular complexity index is 1440. The van der Waals surface area contributed by atoms with E-state index >= 15 is 0 Å². The van der Waals surface area contributed by atoms with E-state index in [0.717, 1.165) is 33.7 Å². The summed E-state index contributed by atoms with van der Waals surface area (Å²) in [6.45, 7) is 5.56. The molecule has 0 amide bonds. The van der Waals surface area contributed by atoms with Crippen molar-refractivity contribution < 1.29 is 14.3 Å². The Balaban J connectivity index is 1.86. The average Bonchev–Trinajstić information content (AvgIpc) is 3.32. The van der Waals surface area contributed by atoms with Crippen molar-refractivity contribution in [2.24, 2.45) is 0 Å². The number of rotatable bonds is 8. The summed E-state index contributed by atoms with van der Waals surface area (Å²) >= 11 is 1.02. The van der Waals surface area contributed by atoms with Gasteiger partial charge in [0.25, 0.3) is 0 Å². The van der Waals surface area contributed by atoms with Gasteiger partial charge >= 0.3 is 5.97 Å². The van der Waals surface area contributed by atoms with Crippen LogP contribution in [0.15, 0.2) is 96.5 Å². The summed E-state index contributed by atoms with van der Waals surface area (Å²) in [4.78, 5) is 15.3. The van der Waals surface area contributed by atoms with Gasteiger partial charge in [0, 0.05) is 11.1 Å². The van der Waals surface area contributed by atoms with Gasteiger partial charge in [-0.2, -0.15) is 0 Å². The number of nitrogens with one attached hydrogen (secondary N) is 1. The van der Waals surface area contributed by atoms with E-state index in [-0.39, 0.29) is 5.75 Å². The fourth-order valence-electron chi connectivity index (χ4n) is 3.61. The van der Waals surface area contributed by atoms with Crippen molar-refractivity contribution in [1.29, 1.82) is 0 Å². The first-order valence-electron chi connectivity index (χ1n) is 10.6. The summed E-state index contributed by atoms with van der Waals surface area (Å²) in [6.07, 6.45) is 4.52. The lowest BCUT2D eigenvalue weighted by Crippen LogP contribution is -1.97. The molecular formula is C27H22FN3O2S. The Kier molecular flexibility index (Phi) is 7.04. The molecule has 2 N–H and O–H groups in total. The molecule has 0 bridgehead atoms. The second-order valence-corrected chi connectivity index (χ2v) is 8.42. The zero-order chi connectivity index (χ0) is 24.1. The van der Waals surface area contributed by atoms with E-state index < -0.39 is 11.8 Å². The van der Waals surface area contributed by atoms with Crippen molar-refractivity contribution in [2.45, 2.75) is 12.1 Å². The molecule has 1 heterocycles. The third-order valence-corrected chi connectivity index (χ3v) is 6.00. The molecule has 0 saturated carbocycles. The molecule has 0 unspecified atom stereocenters. The third kappa shape index (κ3) is 5.15. The smallest absolute Gasteiger partial charge is 0.313 e. The van der Waals surface area contributed by atoms with Crippen LogP contribution in [0.4, 0.5) is 4.39 Å². The van der Waals surface area contributed by atoms with Crippen LogP contribution in [0.25, 0.3) is 38.9 Å². The SMILES string of the molecule is C=CC(=C(F)C=CC)c1cc(-c2ccc3ccccc3c2)cc(-c2nc(SCC(=O)O)n[nH]2)c1. The molecule has 7 heteroatoms. The monoisotopic (exact) mass is 471 g/mol. The van der Waals surface area contributed by atoms with Crippen LogP contribution in [0.3, 0.4) is 0 Å². The number of hydrogen-bond donors (Lipinski definition) is 2. The van der Waals surface area contributed by atoms with Crippen molar-refractivity contribution in [2.75, 3.05) is 5.75 Å². The number of aliphatic carboxylic acids is 1. The minimum absolute atomic E-state index is 0.141. The Morgan fingerprint density at radius 2 is 1.85 bits per heavy atom. The van der Waals surface area contributed by atoms with Crippen molar-refractivity contribution in [3.63, 3.8) is 0 Å². The standard InChI is InChI=1S/C27H22FN3O2S/c1-3-7-24(28)23(4-2)21-13-20(19-11-10-17-8-5-6-9-18(17)12-19)14-22(15-21)26-29-27(31-30-26)34-16-25(32)33/h3-15H,2,16H2,1H3,(H,32,33)(H,29,30,31). The van der Waals surface area contributed by atoms with Crippen LogP contribution < -0.4 is 0 Å². The normalized spacial score (nSPS) is 12.2. The Hall–Kier alpha value is -3.97. The van der Waals surface area contributed by atoms with Gasteiger partial charge in [-0.25, -0.2) is 9.37 Å². The third-order valence-electron chi connectivity index (χ3n) is 5.16. The highest BCUT2D eigenvalue weighted by Gasteiger charge is 2.14. The van der Waals surface area contributed by atoms with Gasteiger partial charge in [-0.3, -0.25) is 9.89 Å². The number of halogens is 1. The van der Waals surface area contributed by atoms with E-state index in [2.05, 4.69) is 40.0 Å². The Morgan fingerprint density at radius 1 is 1.09 bits per heavy atom. The van der Waals surface area contributed by atoms with Crippen molar-refractivity contribution in [3.8, 4) is 22.5 Å². The zero-order valence-electron chi connectivity index (χ0n) is 18.5. The van der Waals surface area contributed by atoms with Crippen molar-refractivity contribution in [3.05, 3.63) is 96.9 Å². The first kappa shape index (κ1) is 23.2. The van der Waals surface area contributed by atoms with Crippen molar-refractivity contribution in [1.82, 2.24) is 15.2 Å². The largest absolute Gasteiger partial charge is 0.481 e. The summed E-state index contributed by atoms with van der Waals surface area (Å²) in [6, 6.07) is 19.9. The van der Waals surface area contributed by atoms with Crippen LogP contribution in [0.1, 0.15) is 12.5 Å². The molecule has 0 saturated heterocycles. The molecule has 3 aromatic carbocycles. The molecule has 34 heavy (non-hydrogen) atoms. The molecule has 4 rings (SSSR count). The molecule has 1 aromatic heterocycles. The van der Waals surface area contributed by atoms with E-state index in [0.29, 0.717) is 27.7 Å². The maximum Gasteiger partial charge on any atom is 0.313 e. The Labute approximate surface area is 200 Å². The second kappa shape index (κ2) is 10.3. The lowest BCUT2D eigenvalue weighted by molar-refractivity contribution is -0.133. The molecule has 0 radical (unpaired) electrons. The average molecular weight is 472 g/mol. The molecule has 170 valence electrons. The summed E-state index contributed by atoms with van der Waals surface area (Å²) in [7, 11) is 0. The van der Waals surface area contributed by atoms with Gasteiger partial charge in [-0.15, -0.1) is 5.10 Å². The number of fused-ring (bicyclic) bond motifs is 1. The van der Waals surface area contributed by atoms with Gasteiger partial charge in [0.1, 0.15) is 5.83 Å². The fraction of sp³-hybridized carbons (Fsp3) is 0.0741. The second-order valence-electron chi connectivity index (χ2n) is 7.48. The van der Waals surface area contributed by atoms with Crippen LogP contribution in [0.5, 0.6) is 0 Å². The molecule has 0 fully saturated rings. The summed E-state index contributed by atoms with van der Waals surface area (Å²) in [5.41, 5.74) is 3.55. The van der Waals surface area contributed by atoms with E-state index in [1.807, 2.05) is 42.5 Å². The molecule has 0 aliphatic carbocycles. The minimum Gasteiger partial charge on any atom is -0.481 e. The van der Waals surface area contributed by atoms with Gasteiger partial charge < -0.3 is 5.11 Å². The molecule has 5 nitrogen and oxygen atoms in total. The number of carbonyl (C=O) groups is 1. The van der Waals surface area contributed by atoms with Crippen LogP contribution in [0, 0.1) is 0 Å². The van der Waals surface area contributed by atoms with Crippen LogP contribution in [-0.4, -0.2) is 32.0 Å². The van der Waals surface area contributed by atoms with E-state index in [1.165, 1.54) is 12.2 Å². The number of allylic oxidation sites excluding steroid dienone is 5. The number of carboxylic acids is 1. The minimum atomic E-state index is -0.947. The fourth-order valence-corrected chi connectivity index (χ4v) is 4.13. The molecule has 0 atom stereocenters. The number of hydrogen-bond acceptors (Lipinski definition) is 4. The van der Waals surface area contributed by atoms with E-state index in [4.69, 9.17) is 5.11 Å². The quantitative estimate of drug-likeness (QED) is 0.216. The summed E-state index contributed by atoms with van der Waals surface area (Å²) < 4.78 is 14.8. The van der Waals surface area contributed by atoms with Crippen molar-refractivity contribution >= 4 is 34.1 Å². The number of thioether (sulfide) groups is 1. The summed E-state index contributed by atoms with van der Waals surface area (Å²) in [5.74, 6) is -1.02. The topological polar surface area (TPSA) is 78.9 Å². The van der Waals surface area contributed by atoms with E-state index in [9.17, 15) is 9.18 Å². The van der Waals surface area contributed by atoms with Gasteiger partial charge in [0.05, 0.1) is 5.75 Å². The number of nitrogens with zero attached hydrogens (tertiary/aromatic N) is 2. The predicted octanol–water partition coefficient (Wildman–Crippen LogP) is 6.91. The summed E-state index contributed by atoms with van der Waals surface area (Å²) in [5, 5.41) is 18.4. The lowest BCUT2D eigenvalue weighted by Gasteiger charge is -2.11. The molecule has 0 aliphatic rings. The van der Waals surface area contributed by atoms with Gasteiger partial charge in [-0.05, 0) is 64.7 Å². The number of aromatic amines is 1. The molecule has 0 spiro atoms. The number of carboxylic acid groups (broad SMARTS) is 1. The first-order valence-corrected chi connectivity index (χ1v) is 11.5. The van der Waals surface area contributed by atoms with Crippen LogP contribution >= 0.6 is 11.8 Å². The highest BCUT2D eigenvalue weighted by molar-refractivity contribution is 7.99. The van der Waals surface area contributed by atoms with Gasteiger partial charge in [-0.1, -0.05) is 66.9 Å². The number of H-pyrrole nitrogens is 1. The lowest BCUT2D eigenvalue weighted by atomic mass is 9.94. The zero-order valence-corrected chi connectivity index (χ0v) is 19.3. The van der Waals surface area contributed by atoms with Gasteiger partial charge in [0.2, 0.25) is 5.16 Å². The molecule has 4 aromatic rings. The highest BCUT2D eigenvalue weighted by atomic mass is 32.2. The maximum atomic E-state index is 14.8. The molecule has 0 aliphatic heterocycles. The number of aromatic nitrogens is 3. The van der Waals surface area contributed by atoms with Crippen LogP contribution in [-0.2, 0) is 4.79 Å². The van der Waals surface area contributed by atoms with E-state index in [1.54, 1.807) is 13.0 Å². The highest BCUT2D eigenvalue weighted by Crippen LogP contribution is 2.33. The predicted molar refractivity (Wildman–Crippen MR) is 136 cm³/mol. The van der Waals surface area contributed by atoms with Gasteiger partial charge in [0.15, 0.2) is 5.82 Å². The Morgan fingerprint density at radius 3 is 2.59 bits per heavy atom. The first-order chi connectivity index (χ1) is 16.5. The van der Waals surface area contributed by atoms with Crippen LogP contribution in [0.2, 0.25) is 0 Å². The maximum absolute atomic E-state index is 14.8.